The predicted molar refractivity (Wildman–Crippen MR) is 79.2 cm³/mol. The summed E-state index contributed by atoms with van der Waals surface area (Å²) >= 11 is 0. The van der Waals surface area contributed by atoms with Gasteiger partial charge in [-0.1, -0.05) is 25.7 Å². The van der Waals surface area contributed by atoms with Crippen LogP contribution in [0.25, 0.3) is 0 Å². The first kappa shape index (κ1) is 16.2. The molecular formula is C16H22N2O2. The van der Waals surface area contributed by atoms with Gasteiger partial charge in [-0.2, -0.15) is 0 Å². The van der Waals surface area contributed by atoms with Crippen molar-refractivity contribution >= 4 is 5.91 Å². The first-order chi connectivity index (χ1) is 9.54. The third kappa shape index (κ3) is 5.41. The van der Waals surface area contributed by atoms with E-state index in [2.05, 4.69) is 36.0 Å². The minimum Gasteiger partial charge on any atom is -0.395 e. The smallest absolute Gasteiger partial charge is 0.252 e. The molecule has 1 aromatic heterocycles. The van der Waals surface area contributed by atoms with Gasteiger partial charge in [0.05, 0.1) is 17.7 Å². The lowest BCUT2D eigenvalue weighted by molar-refractivity contribution is 0.0936. The number of hydrogen-bond donors (Lipinski definition) is 2. The van der Waals surface area contributed by atoms with Crippen molar-refractivity contribution in [3.05, 3.63) is 29.6 Å². The molecule has 0 bridgehead atoms. The first-order valence-corrected chi connectivity index (χ1v) is 6.89. The van der Waals surface area contributed by atoms with Crippen molar-refractivity contribution in [2.75, 3.05) is 6.61 Å². The molecule has 1 amide bonds. The van der Waals surface area contributed by atoms with Crippen LogP contribution in [0.5, 0.6) is 0 Å². The molecular weight excluding hydrogens is 252 g/mol. The zero-order valence-electron chi connectivity index (χ0n) is 12.3. The second-order valence-electron chi connectivity index (χ2n) is 5.20. The lowest BCUT2D eigenvalue weighted by Crippen LogP contribution is -2.33. The number of amides is 1. The normalized spacial score (nSPS) is 11.7. The zero-order valence-corrected chi connectivity index (χ0v) is 12.3. The fourth-order valence-electron chi connectivity index (χ4n) is 1.97. The summed E-state index contributed by atoms with van der Waals surface area (Å²) in [5, 5.41) is 11.7. The molecule has 0 aromatic carbocycles. The van der Waals surface area contributed by atoms with Gasteiger partial charge in [0.2, 0.25) is 0 Å². The minimum atomic E-state index is -0.131. The Hall–Kier alpha value is -1.86. The van der Waals surface area contributed by atoms with E-state index >= 15 is 0 Å². The lowest BCUT2D eigenvalue weighted by Gasteiger charge is -2.16. The van der Waals surface area contributed by atoms with Gasteiger partial charge < -0.3 is 10.4 Å². The maximum atomic E-state index is 12.2. The SMILES string of the molecule is CC(C)CC(C)NC(=O)c1ccncc1C#CCCO. The van der Waals surface area contributed by atoms with E-state index in [0.717, 1.165) is 6.42 Å². The molecule has 0 saturated heterocycles. The number of aromatic nitrogens is 1. The summed E-state index contributed by atoms with van der Waals surface area (Å²) in [5.74, 6) is 6.09. The van der Waals surface area contributed by atoms with Crippen LogP contribution in [0, 0.1) is 17.8 Å². The van der Waals surface area contributed by atoms with E-state index in [0.29, 0.717) is 23.5 Å². The molecule has 108 valence electrons. The van der Waals surface area contributed by atoms with Crippen LogP contribution in [0.2, 0.25) is 0 Å². The molecule has 1 atom stereocenters. The molecule has 0 aliphatic carbocycles. The third-order valence-corrected chi connectivity index (χ3v) is 2.73. The molecule has 1 unspecified atom stereocenters. The molecule has 0 aliphatic rings. The maximum absolute atomic E-state index is 12.2. The highest BCUT2D eigenvalue weighted by Crippen LogP contribution is 2.08. The summed E-state index contributed by atoms with van der Waals surface area (Å²) < 4.78 is 0. The van der Waals surface area contributed by atoms with Crippen LogP contribution in [0.1, 0.15) is 49.5 Å². The molecule has 1 heterocycles. The molecule has 4 heteroatoms. The number of carbonyl (C=O) groups is 1. The number of rotatable bonds is 5. The largest absolute Gasteiger partial charge is 0.395 e. The van der Waals surface area contributed by atoms with Gasteiger partial charge in [0.25, 0.3) is 5.91 Å². The average Bonchev–Trinajstić information content (AvgIpc) is 2.38. The Morgan fingerprint density at radius 3 is 2.85 bits per heavy atom. The fourth-order valence-corrected chi connectivity index (χ4v) is 1.97. The number of nitrogens with zero attached hydrogens (tertiary/aromatic N) is 1. The van der Waals surface area contributed by atoms with E-state index in [1.165, 1.54) is 0 Å². The van der Waals surface area contributed by atoms with Crippen molar-refractivity contribution in [2.45, 2.75) is 39.7 Å². The number of nitrogens with one attached hydrogen (secondary N) is 1. The minimum absolute atomic E-state index is 0.0141. The van der Waals surface area contributed by atoms with Crippen LogP contribution in [0.4, 0.5) is 0 Å². The Labute approximate surface area is 120 Å². The van der Waals surface area contributed by atoms with Crippen LogP contribution in [0.15, 0.2) is 18.5 Å². The third-order valence-electron chi connectivity index (χ3n) is 2.73. The van der Waals surface area contributed by atoms with Gasteiger partial charge in [0.1, 0.15) is 0 Å². The summed E-state index contributed by atoms with van der Waals surface area (Å²) in [6.45, 7) is 6.26. The molecule has 0 radical (unpaired) electrons. The summed E-state index contributed by atoms with van der Waals surface area (Å²) in [4.78, 5) is 16.2. The lowest BCUT2D eigenvalue weighted by atomic mass is 10.0. The van der Waals surface area contributed by atoms with Crippen LogP contribution in [-0.2, 0) is 0 Å². The van der Waals surface area contributed by atoms with Gasteiger partial charge in [0.15, 0.2) is 0 Å². The van der Waals surface area contributed by atoms with E-state index in [1.807, 2.05) is 6.92 Å². The molecule has 0 aliphatic heterocycles. The van der Waals surface area contributed by atoms with Crippen molar-refractivity contribution in [2.24, 2.45) is 5.92 Å². The van der Waals surface area contributed by atoms with Crippen molar-refractivity contribution < 1.29 is 9.90 Å². The van der Waals surface area contributed by atoms with Crippen molar-refractivity contribution in [1.29, 1.82) is 0 Å². The van der Waals surface area contributed by atoms with Gasteiger partial charge in [-0.3, -0.25) is 9.78 Å². The first-order valence-electron chi connectivity index (χ1n) is 6.89. The number of aliphatic hydroxyl groups is 1. The Morgan fingerprint density at radius 2 is 2.20 bits per heavy atom. The van der Waals surface area contributed by atoms with Gasteiger partial charge in [-0.05, 0) is 25.3 Å². The maximum Gasteiger partial charge on any atom is 0.252 e. The summed E-state index contributed by atoms with van der Waals surface area (Å²) in [7, 11) is 0. The van der Waals surface area contributed by atoms with Crippen molar-refractivity contribution in [1.82, 2.24) is 10.3 Å². The summed E-state index contributed by atoms with van der Waals surface area (Å²) in [6.07, 6.45) is 4.48. The number of aliphatic hydroxyl groups excluding tert-OH is 1. The molecule has 1 aromatic rings. The average molecular weight is 274 g/mol. The van der Waals surface area contributed by atoms with E-state index in [4.69, 9.17) is 5.11 Å². The molecule has 20 heavy (non-hydrogen) atoms. The van der Waals surface area contributed by atoms with Gasteiger partial charge >= 0.3 is 0 Å². The topological polar surface area (TPSA) is 62.2 Å². The van der Waals surface area contributed by atoms with Gasteiger partial charge in [-0.25, -0.2) is 0 Å². The second kappa shape index (κ2) is 8.34. The van der Waals surface area contributed by atoms with E-state index in [9.17, 15) is 4.79 Å². The molecule has 2 N–H and O–H groups in total. The fraction of sp³-hybridized carbons (Fsp3) is 0.500. The van der Waals surface area contributed by atoms with Crippen LogP contribution < -0.4 is 5.32 Å². The standard InChI is InChI=1S/C16H22N2O2/c1-12(2)10-13(3)18-16(20)15-7-8-17-11-14(15)6-4-5-9-19/h7-8,11-13,19H,5,9-10H2,1-3H3,(H,18,20). The van der Waals surface area contributed by atoms with Crippen LogP contribution in [0.3, 0.4) is 0 Å². The Balaban J connectivity index is 2.80. The Kier molecular flexibility index (Phi) is 6.75. The van der Waals surface area contributed by atoms with Crippen LogP contribution >= 0.6 is 0 Å². The van der Waals surface area contributed by atoms with E-state index < -0.39 is 0 Å². The highest BCUT2D eigenvalue weighted by Gasteiger charge is 2.13. The monoisotopic (exact) mass is 274 g/mol. The number of hydrogen-bond acceptors (Lipinski definition) is 3. The van der Waals surface area contributed by atoms with E-state index in [-0.39, 0.29) is 18.6 Å². The summed E-state index contributed by atoms with van der Waals surface area (Å²) in [5.41, 5.74) is 1.12. The predicted octanol–water partition coefficient (Wildman–Crippen LogP) is 1.98. The zero-order chi connectivity index (χ0) is 15.0. The molecule has 0 fully saturated rings. The quantitative estimate of drug-likeness (QED) is 0.807. The second-order valence-corrected chi connectivity index (χ2v) is 5.20. The molecule has 1 rings (SSSR count). The van der Waals surface area contributed by atoms with Crippen LogP contribution in [-0.4, -0.2) is 28.6 Å². The highest BCUT2D eigenvalue weighted by molar-refractivity contribution is 5.96. The Morgan fingerprint density at radius 1 is 1.45 bits per heavy atom. The van der Waals surface area contributed by atoms with Crippen molar-refractivity contribution in [3.63, 3.8) is 0 Å². The molecule has 4 nitrogen and oxygen atoms in total. The van der Waals surface area contributed by atoms with Gasteiger partial charge in [-0.15, -0.1) is 0 Å². The molecule has 0 spiro atoms. The summed E-state index contributed by atoms with van der Waals surface area (Å²) in [6, 6.07) is 1.79. The number of carbonyl (C=O) groups excluding carboxylic acids is 1. The Bertz CT molecular complexity index is 501. The van der Waals surface area contributed by atoms with Crippen molar-refractivity contribution in [3.8, 4) is 11.8 Å². The molecule has 0 saturated carbocycles. The van der Waals surface area contributed by atoms with E-state index in [1.54, 1.807) is 18.5 Å². The van der Waals surface area contributed by atoms with Gasteiger partial charge in [0, 0.05) is 24.9 Å². The highest BCUT2D eigenvalue weighted by atomic mass is 16.2. The number of pyridine rings is 1.